The molecule has 110 valence electrons. The summed E-state index contributed by atoms with van der Waals surface area (Å²) in [7, 11) is -3.72. The van der Waals surface area contributed by atoms with Crippen LogP contribution in [0.3, 0.4) is 0 Å². The Morgan fingerprint density at radius 3 is 2.48 bits per heavy atom. The number of aromatic nitrogens is 2. The second kappa shape index (κ2) is 5.98. The number of nitrogens with zero attached hydrogens (tertiary/aromatic N) is 2. The highest BCUT2D eigenvalue weighted by Crippen LogP contribution is 2.11. The summed E-state index contributed by atoms with van der Waals surface area (Å²) in [6.45, 7) is 1.75. The average molecular weight is 307 g/mol. The molecule has 0 fully saturated rings. The van der Waals surface area contributed by atoms with Gasteiger partial charge in [-0.1, -0.05) is 0 Å². The SMILES string of the molecule is Cc1nccc(CNS(=O)(=O)c2ccc(C(=O)O)cc2)n1. The lowest BCUT2D eigenvalue weighted by atomic mass is 10.2. The zero-order chi connectivity index (χ0) is 15.5. The fourth-order valence-corrected chi connectivity index (χ4v) is 2.63. The van der Waals surface area contributed by atoms with E-state index < -0.39 is 16.0 Å². The lowest BCUT2D eigenvalue weighted by Crippen LogP contribution is -2.24. The molecular weight excluding hydrogens is 294 g/mol. The Morgan fingerprint density at radius 2 is 1.90 bits per heavy atom. The molecular formula is C13H13N3O4S. The molecule has 0 spiro atoms. The zero-order valence-electron chi connectivity index (χ0n) is 11.1. The van der Waals surface area contributed by atoms with E-state index in [1.165, 1.54) is 24.3 Å². The maximum atomic E-state index is 12.1. The summed E-state index contributed by atoms with van der Waals surface area (Å²) in [4.78, 5) is 18.7. The molecule has 0 aliphatic rings. The molecule has 0 saturated heterocycles. The van der Waals surface area contributed by atoms with Gasteiger partial charge < -0.3 is 5.11 Å². The van der Waals surface area contributed by atoms with Gasteiger partial charge in [0.15, 0.2) is 0 Å². The normalized spacial score (nSPS) is 11.3. The Kier molecular flexibility index (Phi) is 4.29. The van der Waals surface area contributed by atoms with Crippen molar-refractivity contribution < 1.29 is 18.3 Å². The second-order valence-electron chi connectivity index (χ2n) is 4.25. The molecule has 7 nitrogen and oxygen atoms in total. The number of benzene rings is 1. The molecule has 0 unspecified atom stereocenters. The van der Waals surface area contributed by atoms with Crippen LogP contribution in [0.1, 0.15) is 21.9 Å². The highest BCUT2D eigenvalue weighted by Gasteiger charge is 2.14. The van der Waals surface area contributed by atoms with Crippen LogP contribution in [0.15, 0.2) is 41.4 Å². The van der Waals surface area contributed by atoms with Gasteiger partial charge in [0.05, 0.1) is 22.7 Å². The van der Waals surface area contributed by atoms with Crippen molar-refractivity contribution in [3.8, 4) is 0 Å². The maximum Gasteiger partial charge on any atom is 0.335 e. The molecule has 21 heavy (non-hydrogen) atoms. The van der Waals surface area contributed by atoms with Gasteiger partial charge in [-0.15, -0.1) is 0 Å². The lowest BCUT2D eigenvalue weighted by Gasteiger charge is -2.07. The molecule has 0 amide bonds. The van der Waals surface area contributed by atoms with Gasteiger partial charge in [-0.3, -0.25) is 0 Å². The van der Waals surface area contributed by atoms with Gasteiger partial charge in [-0.2, -0.15) is 0 Å². The highest BCUT2D eigenvalue weighted by molar-refractivity contribution is 7.89. The van der Waals surface area contributed by atoms with Crippen molar-refractivity contribution in [2.45, 2.75) is 18.4 Å². The van der Waals surface area contributed by atoms with Crippen molar-refractivity contribution in [2.24, 2.45) is 0 Å². The van der Waals surface area contributed by atoms with Crippen molar-refractivity contribution in [1.82, 2.24) is 14.7 Å². The number of carboxylic acid groups (broad SMARTS) is 1. The second-order valence-corrected chi connectivity index (χ2v) is 6.02. The molecule has 0 bridgehead atoms. The van der Waals surface area contributed by atoms with Gasteiger partial charge >= 0.3 is 5.97 Å². The summed E-state index contributed by atoms with van der Waals surface area (Å²) in [5.74, 6) is -0.555. The van der Waals surface area contributed by atoms with Crippen molar-refractivity contribution in [3.05, 3.63) is 53.6 Å². The van der Waals surface area contributed by atoms with Crippen LogP contribution in [-0.2, 0) is 16.6 Å². The molecule has 0 saturated carbocycles. The van der Waals surface area contributed by atoms with Crippen molar-refractivity contribution >= 4 is 16.0 Å². The Labute approximate surface area is 121 Å². The van der Waals surface area contributed by atoms with E-state index in [0.29, 0.717) is 11.5 Å². The predicted octanol–water partition coefficient (Wildman–Crippen LogP) is 0.962. The van der Waals surface area contributed by atoms with Gasteiger partial charge in [0.25, 0.3) is 0 Å². The monoisotopic (exact) mass is 307 g/mol. The van der Waals surface area contributed by atoms with Crippen molar-refractivity contribution in [1.29, 1.82) is 0 Å². The van der Waals surface area contributed by atoms with E-state index in [-0.39, 0.29) is 17.0 Å². The predicted molar refractivity (Wildman–Crippen MR) is 74.2 cm³/mol. The number of aromatic carboxylic acids is 1. The quantitative estimate of drug-likeness (QED) is 0.851. The number of carboxylic acids is 1. The summed E-state index contributed by atoms with van der Waals surface area (Å²) in [6.07, 6.45) is 1.55. The zero-order valence-corrected chi connectivity index (χ0v) is 12.0. The molecule has 1 aromatic heterocycles. The Balaban J connectivity index is 2.13. The number of carbonyl (C=O) groups is 1. The minimum Gasteiger partial charge on any atom is -0.478 e. The Hall–Kier alpha value is -2.32. The van der Waals surface area contributed by atoms with Gasteiger partial charge in [0.1, 0.15) is 5.82 Å². The van der Waals surface area contributed by atoms with Gasteiger partial charge in [-0.05, 0) is 37.3 Å². The van der Waals surface area contributed by atoms with E-state index in [2.05, 4.69) is 14.7 Å². The van der Waals surface area contributed by atoms with E-state index in [4.69, 9.17) is 5.11 Å². The fourth-order valence-electron chi connectivity index (χ4n) is 1.63. The van der Waals surface area contributed by atoms with E-state index in [0.717, 1.165) is 0 Å². The maximum absolute atomic E-state index is 12.1. The molecule has 1 aromatic carbocycles. The third-order valence-corrected chi connectivity index (χ3v) is 4.11. The number of aryl methyl sites for hydroxylation is 1. The summed E-state index contributed by atoms with van der Waals surface area (Å²) < 4.78 is 26.5. The third kappa shape index (κ3) is 3.83. The number of hydrogen-bond acceptors (Lipinski definition) is 5. The topological polar surface area (TPSA) is 109 Å². The molecule has 2 N–H and O–H groups in total. The Morgan fingerprint density at radius 1 is 1.24 bits per heavy atom. The van der Waals surface area contributed by atoms with Crippen LogP contribution in [0.4, 0.5) is 0 Å². The molecule has 8 heteroatoms. The first kappa shape index (κ1) is 15.1. The molecule has 0 atom stereocenters. The fraction of sp³-hybridized carbons (Fsp3) is 0.154. The van der Waals surface area contributed by atoms with Crippen LogP contribution in [-0.4, -0.2) is 29.5 Å². The molecule has 2 aromatic rings. The molecule has 2 rings (SSSR count). The van der Waals surface area contributed by atoms with Gasteiger partial charge in [-0.25, -0.2) is 27.9 Å². The first-order chi connectivity index (χ1) is 9.88. The van der Waals surface area contributed by atoms with E-state index >= 15 is 0 Å². The summed E-state index contributed by atoms with van der Waals surface area (Å²) >= 11 is 0. The van der Waals surface area contributed by atoms with Gasteiger partial charge in [0, 0.05) is 6.20 Å². The summed E-state index contributed by atoms with van der Waals surface area (Å²) in [5, 5.41) is 8.78. The van der Waals surface area contributed by atoms with E-state index in [9.17, 15) is 13.2 Å². The van der Waals surface area contributed by atoms with Gasteiger partial charge in [0.2, 0.25) is 10.0 Å². The first-order valence-electron chi connectivity index (χ1n) is 6.00. The summed E-state index contributed by atoms with van der Waals surface area (Å²) in [5.41, 5.74) is 0.577. The molecule has 0 aliphatic heterocycles. The van der Waals surface area contributed by atoms with Crippen LogP contribution in [0.5, 0.6) is 0 Å². The van der Waals surface area contributed by atoms with Crippen LogP contribution in [0, 0.1) is 6.92 Å². The number of rotatable bonds is 5. The summed E-state index contributed by atoms with van der Waals surface area (Å²) in [6, 6.07) is 6.59. The minimum absolute atomic E-state index is 0.00159. The van der Waals surface area contributed by atoms with Crippen molar-refractivity contribution in [3.63, 3.8) is 0 Å². The van der Waals surface area contributed by atoms with E-state index in [1.54, 1.807) is 19.2 Å². The number of sulfonamides is 1. The average Bonchev–Trinajstić information content (AvgIpc) is 2.45. The van der Waals surface area contributed by atoms with Crippen LogP contribution < -0.4 is 4.72 Å². The molecule has 1 heterocycles. The third-order valence-electron chi connectivity index (χ3n) is 2.69. The Bertz CT molecular complexity index is 757. The van der Waals surface area contributed by atoms with Crippen LogP contribution >= 0.6 is 0 Å². The smallest absolute Gasteiger partial charge is 0.335 e. The largest absolute Gasteiger partial charge is 0.478 e. The van der Waals surface area contributed by atoms with Crippen LogP contribution in [0.2, 0.25) is 0 Å². The van der Waals surface area contributed by atoms with E-state index in [1.807, 2.05) is 0 Å². The number of nitrogens with one attached hydrogen (secondary N) is 1. The standard InChI is InChI=1S/C13H13N3O4S/c1-9-14-7-6-11(16-9)8-15-21(19,20)12-4-2-10(3-5-12)13(17)18/h2-7,15H,8H2,1H3,(H,17,18). The number of hydrogen-bond donors (Lipinski definition) is 2. The highest BCUT2D eigenvalue weighted by atomic mass is 32.2. The van der Waals surface area contributed by atoms with Crippen molar-refractivity contribution in [2.75, 3.05) is 0 Å². The first-order valence-corrected chi connectivity index (χ1v) is 7.48. The van der Waals surface area contributed by atoms with Crippen LogP contribution in [0.25, 0.3) is 0 Å². The molecule has 0 radical (unpaired) electrons. The molecule has 0 aliphatic carbocycles. The lowest BCUT2D eigenvalue weighted by molar-refractivity contribution is 0.0696. The minimum atomic E-state index is -3.72.